The molecule has 0 aliphatic carbocycles. The van der Waals surface area contributed by atoms with E-state index in [2.05, 4.69) is 0 Å². The van der Waals surface area contributed by atoms with Crippen molar-refractivity contribution in [2.24, 2.45) is 0 Å². The summed E-state index contributed by atoms with van der Waals surface area (Å²) < 4.78 is 0. The quantitative estimate of drug-likeness (QED) is 0.652. The molecule has 0 bridgehead atoms. The maximum atomic E-state index is 11.3. The molecule has 1 heterocycles. The van der Waals surface area contributed by atoms with Gasteiger partial charge in [-0.3, -0.25) is 10.1 Å². The molecule has 0 unspecified atom stereocenters. The molecule has 0 saturated carbocycles. The van der Waals surface area contributed by atoms with Gasteiger partial charge in [0, 0.05) is 17.5 Å². The van der Waals surface area contributed by atoms with Crippen LogP contribution in [-0.4, -0.2) is 16.6 Å². The molecule has 6 heteroatoms. The van der Waals surface area contributed by atoms with Crippen LogP contribution in [0.2, 0.25) is 0 Å². The molecule has 0 spiro atoms. The summed E-state index contributed by atoms with van der Waals surface area (Å²) in [6, 6.07) is 8.90. The molecular formula is C15H18N2O3S. The molecule has 1 N–H and O–H groups in total. The molecule has 2 rings (SSSR count). The van der Waals surface area contributed by atoms with Crippen molar-refractivity contribution < 1.29 is 10.0 Å². The minimum absolute atomic E-state index is 0.0341. The summed E-state index contributed by atoms with van der Waals surface area (Å²) in [5.74, 6) is 0. The van der Waals surface area contributed by atoms with Crippen molar-refractivity contribution in [3.63, 3.8) is 0 Å². The Labute approximate surface area is 127 Å². The van der Waals surface area contributed by atoms with Crippen LogP contribution in [0.5, 0.6) is 0 Å². The fraction of sp³-hybridized carbons (Fsp3) is 0.333. The van der Waals surface area contributed by atoms with Crippen LogP contribution in [-0.2, 0) is 6.54 Å². The molecular weight excluding hydrogens is 288 g/mol. The number of nitro groups is 1. The second-order valence-corrected chi connectivity index (χ2v) is 5.81. The zero-order valence-corrected chi connectivity index (χ0v) is 12.8. The molecule has 0 aliphatic heterocycles. The number of hydrogen-bond acceptors (Lipinski definition) is 5. The molecule has 0 aliphatic rings. The predicted molar refractivity (Wildman–Crippen MR) is 84.8 cm³/mol. The van der Waals surface area contributed by atoms with Crippen molar-refractivity contribution in [3.05, 3.63) is 56.3 Å². The smallest absolute Gasteiger partial charge is 0.292 e. The third-order valence-corrected chi connectivity index (χ3v) is 4.19. The van der Waals surface area contributed by atoms with E-state index in [0.29, 0.717) is 24.3 Å². The second-order valence-electron chi connectivity index (χ2n) is 4.77. The van der Waals surface area contributed by atoms with E-state index in [-0.39, 0.29) is 5.69 Å². The topological polar surface area (TPSA) is 66.6 Å². The summed E-state index contributed by atoms with van der Waals surface area (Å²) in [6.45, 7) is 4.89. The van der Waals surface area contributed by atoms with Gasteiger partial charge in [0.25, 0.3) is 5.69 Å². The lowest BCUT2D eigenvalue weighted by molar-refractivity contribution is -0.384. The Kier molecular flexibility index (Phi) is 4.93. The normalized spacial score (nSPS) is 12.1. The lowest BCUT2D eigenvalue weighted by Gasteiger charge is -2.22. The number of benzene rings is 1. The van der Waals surface area contributed by atoms with Gasteiger partial charge in [-0.15, -0.1) is 11.3 Å². The van der Waals surface area contributed by atoms with Gasteiger partial charge in [0.1, 0.15) is 5.69 Å². The Bertz CT molecular complexity index is 611. The van der Waals surface area contributed by atoms with Gasteiger partial charge in [-0.25, -0.2) is 0 Å². The minimum Gasteiger partial charge on any atom is -0.389 e. The number of nitro benzene ring substituents is 1. The zero-order chi connectivity index (χ0) is 15.4. The Morgan fingerprint density at radius 1 is 1.43 bits per heavy atom. The summed E-state index contributed by atoms with van der Waals surface area (Å²) >= 11 is 1.63. The summed E-state index contributed by atoms with van der Waals surface area (Å²) in [4.78, 5) is 14.1. The highest BCUT2D eigenvalue weighted by Crippen LogP contribution is 2.32. The molecule has 1 aromatic carbocycles. The van der Waals surface area contributed by atoms with Crippen LogP contribution >= 0.6 is 11.3 Å². The Morgan fingerprint density at radius 2 is 2.19 bits per heavy atom. The number of nitrogens with zero attached hydrogens (tertiary/aromatic N) is 2. The van der Waals surface area contributed by atoms with Crippen LogP contribution in [0.15, 0.2) is 35.7 Å². The van der Waals surface area contributed by atoms with Gasteiger partial charge in [-0.2, -0.15) is 0 Å². The number of aliphatic hydroxyl groups is 1. The van der Waals surface area contributed by atoms with Crippen LogP contribution in [0, 0.1) is 10.1 Å². The van der Waals surface area contributed by atoms with E-state index in [4.69, 9.17) is 0 Å². The second kappa shape index (κ2) is 6.69. The third kappa shape index (κ3) is 3.59. The lowest BCUT2D eigenvalue weighted by Crippen LogP contribution is -2.22. The van der Waals surface area contributed by atoms with E-state index in [1.165, 1.54) is 6.07 Å². The summed E-state index contributed by atoms with van der Waals surface area (Å²) in [5.41, 5.74) is 1.17. The van der Waals surface area contributed by atoms with Gasteiger partial charge < -0.3 is 10.0 Å². The summed E-state index contributed by atoms with van der Waals surface area (Å²) in [7, 11) is 0. The highest BCUT2D eigenvalue weighted by Gasteiger charge is 2.20. The first-order valence-electron chi connectivity index (χ1n) is 6.76. The van der Waals surface area contributed by atoms with Crippen LogP contribution < -0.4 is 4.90 Å². The van der Waals surface area contributed by atoms with Crippen molar-refractivity contribution in [3.8, 4) is 0 Å². The van der Waals surface area contributed by atoms with Crippen molar-refractivity contribution in [2.45, 2.75) is 26.5 Å². The summed E-state index contributed by atoms with van der Waals surface area (Å²) in [5, 5.41) is 22.9. The maximum Gasteiger partial charge on any atom is 0.292 e. The molecule has 0 radical (unpaired) electrons. The van der Waals surface area contributed by atoms with E-state index in [1.54, 1.807) is 30.4 Å². The fourth-order valence-corrected chi connectivity index (χ4v) is 2.89. The number of thiophene rings is 1. The number of hydrogen-bond donors (Lipinski definition) is 1. The Hall–Kier alpha value is -1.92. The van der Waals surface area contributed by atoms with Crippen LogP contribution in [0.25, 0.3) is 0 Å². The van der Waals surface area contributed by atoms with E-state index < -0.39 is 11.0 Å². The van der Waals surface area contributed by atoms with E-state index in [1.807, 2.05) is 29.3 Å². The first-order valence-corrected chi connectivity index (χ1v) is 7.64. The molecule has 0 fully saturated rings. The van der Waals surface area contributed by atoms with Gasteiger partial charge >= 0.3 is 0 Å². The average molecular weight is 306 g/mol. The van der Waals surface area contributed by atoms with E-state index >= 15 is 0 Å². The highest BCUT2D eigenvalue weighted by molar-refractivity contribution is 7.09. The standard InChI is InChI=1S/C15H18N2O3S/c1-3-16(10-13-5-4-8-21-13)14-7-6-12(11(2)18)9-15(14)17(19)20/h4-9,11,18H,3,10H2,1-2H3/t11-/m1/s1. The largest absolute Gasteiger partial charge is 0.389 e. The van der Waals surface area contributed by atoms with Crippen molar-refractivity contribution in [2.75, 3.05) is 11.4 Å². The first kappa shape index (κ1) is 15.5. The van der Waals surface area contributed by atoms with Gasteiger partial charge in [0.2, 0.25) is 0 Å². The maximum absolute atomic E-state index is 11.3. The Morgan fingerprint density at radius 3 is 2.71 bits per heavy atom. The molecule has 21 heavy (non-hydrogen) atoms. The number of rotatable bonds is 6. The summed E-state index contributed by atoms with van der Waals surface area (Å²) in [6.07, 6.45) is -0.717. The minimum atomic E-state index is -0.717. The lowest BCUT2D eigenvalue weighted by atomic mass is 10.1. The molecule has 1 atom stereocenters. The molecule has 5 nitrogen and oxygen atoms in total. The Balaban J connectivity index is 2.38. The number of aliphatic hydroxyl groups excluding tert-OH is 1. The zero-order valence-electron chi connectivity index (χ0n) is 12.0. The van der Waals surface area contributed by atoms with Crippen molar-refractivity contribution in [1.29, 1.82) is 0 Å². The van der Waals surface area contributed by atoms with E-state index in [9.17, 15) is 15.2 Å². The van der Waals surface area contributed by atoms with Crippen LogP contribution in [0.3, 0.4) is 0 Å². The molecule has 0 saturated heterocycles. The first-order chi connectivity index (χ1) is 10.0. The van der Waals surface area contributed by atoms with Gasteiger partial charge in [0.15, 0.2) is 0 Å². The third-order valence-electron chi connectivity index (χ3n) is 3.33. The van der Waals surface area contributed by atoms with Crippen LogP contribution in [0.1, 0.15) is 30.4 Å². The number of anilines is 1. The highest BCUT2D eigenvalue weighted by atomic mass is 32.1. The molecule has 1 aromatic heterocycles. The van der Waals surface area contributed by atoms with Gasteiger partial charge in [0.05, 0.1) is 17.6 Å². The van der Waals surface area contributed by atoms with E-state index in [0.717, 1.165) is 4.88 Å². The SMILES string of the molecule is CCN(Cc1cccs1)c1ccc([C@@H](C)O)cc1[N+](=O)[O-]. The fourth-order valence-electron chi connectivity index (χ4n) is 2.17. The van der Waals surface area contributed by atoms with Gasteiger partial charge in [-0.1, -0.05) is 12.1 Å². The van der Waals surface area contributed by atoms with Crippen LogP contribution in [0.4, 0.5) is 11.4 Å². The van der Waals surface area contributed by atoms with Crippen molar-refractivity contribution in [1.82, 2.24) is 0 Å². The molecule has 112 valence electrons. The molecule has 2 aromatic rings. The monoisotopic (exact) mass is 306 g/mol. The predicted octanol–water partition coefficient (Wildman–Crippen LogP) is 3.74. The van der Waals surface area contributed by atoms with Gasteiger partial charge in [-0.05, 0) is 36.9 Å². The molecule has 0 amide bonds. The average Bonchev–Trinajstić information content (AvgIpc) is 2.97. The van der Waals surface area contributed by atoms with Crippen molar-refractivity contribution >= 4 is 22.7 Å².